The molecule has 5 rings (SSSR count). The van der Waals surface area contributed by atoms with Gasteiger partial charge in [0.1, 0.15) is 17.4 Å². The lowest BCUT2D eigenvalue weighted by Gasteiger charge is -2.24. The Balaban J connectivity index is 1.51. The molecule has 0 saturated carbocycles. The highest BCUT2D eigenvalue weighted by Gasteiger charge is 2.34. The monoisotopic (exact) mass is 461 g/mol. The number of methoxy groups -OCH3 is 1. The number of nitriles is 1. The van der Waals surface area contributed by atoms with Crippen molar-refractivity contribution in [2.24, 2.45) is 5.73 Å². The average molecular weight is 462 g/mol. The first-order valence-corrected chi connectivity index (χ1v) is 11.7. The van der Waals surface area contributed by atoms with Crippen LogP contribution in [0.2, 0.25) is 0 Å². The maximum absolute atomic E-state index is 9.80. The van der Waals surface area contributed by atoms with E-state index < -0.39 is 0 Å². The molecule has 160 valence electrons. The molecule has 0 aliphatic carbocycles. The molecule has 0 unspecified atom stereocenters. The lowest BCUT2D eigenvalue weighted by molar-refractivity contribution is 0.378. The largest absolute Gasteiger partial charge is 0.496 e. The first-order valence-electron chi connectivity index (χ1n) is 9.86. The van der Waals surface area contributed by atoms with Gasteiger partial charge in [0.15, 0.2) is 4.34 Å². The van der Waals surface area contributed by atoms with Crippen LogP contribution in [0.25, 0.3) is 10.2 Å². The molecule has 1 aliphatic rings. The van der Waals surface area contributed by atoms with Gasteiger partial charge in [0.25, 0.3) is 0 Å². The molecule has 3 heterocycles. The van der Waals surface area contributed by atoms with Crippen LogP contribution < -0.4 is 15.2 Å². The van der Waals surface area contributed by atoms with Crippen LogP contribution >= 0.6 is 23.1 Å². The smallest absolute Gasteiger partial charge is 0.244 e. The number of thioether (sulfide) groups is 1. The van der Waals surface area contributed by atoms with Crippen molar-refractivity contribution >= 4 is 33.3 Å². The molecule has 1 atom stereocenters. The molecule has 7 nitrogen and oxygen atoms in total. The maximum Gasteiger partial charge on any atom is 0.244 e. The lowest BCUT2D eigenvalue weighted by Crippen LogP contribution is -2.21. The van der Waals surface area contributed by atoms with Crippen molar-refractivity contribution in [1.82, 2.24) is 15.2 Å². The van der Waals surface area contributed by atoms with Crippen molar-refractivity contribution < 1.29 is 9.47 Å². The van der Waals surface area contributed by atoms with Crippen LogP contribution in [0.15, 0.2) is 58.3 Å². The van der Waals surface area contributed by atoms with Crippen molar-refractivity contribution in [3.63, 3.8) is 0 Å². The zero-order valence-corrected chi connectivity index (χ0v) is 19.0. The molecule has 2 aromatic carbocycles. The Morgan fingerprint density at radius 3 is 2.94 bits per heavy atom. The van der Waals surface area contributed by atoms with Gasteiger partial charge in [-0.25, -0.2) is 4.98 Å². The fraction of sp³-hybridized carbons (Fsp3) is 0.174. The van der Waals surface area contributed by atoms with Gasteiger partial charge in [-0.15, -0.1) is 16.4 Å². The summed E-state index contributed by atoms with van der Waals surface area (Å²) in [5.74, 6) is 1.59. The second-order valence-corrected chi connectivity index (χ2v) is 9.55. The Hall–Kier alpha value is -3.48. The molecule has 2 aromatic heterocycles. The minimum absolute atomic E-state index is 0.0812. The number of aryl methyl sites for hydroxylation is 1. The number of hydrogen-bond donors (Lipinski definition) is 2. The SMILES string of the molecule is COc1ccc([C@@H]2C(C#N)=C(N)Oc3n[nH]c(C)c32)cc1CSc1nc2ccccc2s1. The van der Waals surface area contributed by atoms with E-state index >= 15 is 0 Å². The molecule has 0 amide bonds. The van der Waals surface area contributed by atoms with Crippen LogP contribution in [0.4, 0.5) is 0 Å². The molecule has 0 bridgehead atoms. The summed E-state index contributed by atoms with van der Waals surface area (Å²) in [7, 11) is 1.66. The third-order valence-electron chi connectivity index (χ3n) is 5.39. The predicted molar refractivity (Wildman–Crippen MR) is 125 cm³/mol. The molecule has 3 N–H and O–H groups in total. The zero-order chi connectivity index (χ0) is 22.2. The van der Waals surface area contributed by atoms with E-state index in [4.69, 9.17) is 20.2 Å². The number of aromatic nitrogens is 3. The standard InChI is InChI=1S/C23H19N5O2S2/c1-12-19-20(15(10-24)21(25)30-22(19)28-27-12)13-7-8-17(29-2)14(9-13)11-31-23-26-16-5-3-4-6-18(16)32-23/h3-9,20H,11,25H2,1-2H3,(H,27,28)/t20-/m1/s1. The quantitative estimate of drug-likeness (QED) is 0.409. The van der Waals surface area contributed by atoms with Crippen molar-refractivity contribution in [2.45, 2.75) is 22.9 Å². The van der Waals surface area contributed by atoms with Crippen molar-refractivity contribution in [1.29, 1.82) is 5.26 Å². The maximum atomic E-state index is 9.80. The van der Waals surface area contributed by atoms with Crippen LogP contribution in [0, 0.1) is 18.3 Å². The number of thiazole rings is 1. The molecule has 9 heteroatoms. The van der Waals surface area contributed by atoms with E-state index in [0.29, 0.717) is 17.2 Å². The summed E-state index contributed by atoms with van der Waals surface area (Å²) in [6.07, 6.45) is 0. The Labute approximate surface area is 192 Å². The van der Waals surface area contributed by atoms with Gasteiger partial charge in [-0.2, -0.15) is 5.26 Å². The number of nitrogens with one attached hydrogen (secondary N) is 1. The Morgan fingerprint density at radius 2 is 2.16 bits per heavy atom. The number of aromatic amines is 1. The van der Waals surface area contributed by atoms with Crippen LogP contribution in [-0.4, -0.2) is 22.3 Å². The molecular weight excluding hydrogens is 442 g/mol. The Kier molecular flexibility index (Phi) is 5.25. The minimum Gasteiger partial charge on any atom is -0.496 e. The van der Waals surface area contributed by atoms with Gasteiger partial charge in [-0.05, 0) is 30.7 Å². The summed E-state index contributed by atoms with van der Waals surface area (Å²) in [6.45, 7) is 1.91. The van der Waals surface area contributed by atoms with E-state index in [-0.39, 0.29) is 11.8 Å². The van der Waals surface area contributed by atoms with E-state index in [0.717, 1.165) is 38.0 Å². The van der Waals surface area contributed by atoms with Crippen LogP contribution in [0.3, 0.4) is 0 Å². The number of hydrogen-bond acceptors (Lipinski definition) is 8. The fourth-order valence-electron chi connectivity index (χ4n) is 3.88. The zero-order valence-electron chi connectivity index (χ0n) is 17.4. The first-order chi connectivity index (χ1) is 15.6. The van der Waals surface area contributed by atoms with Crippen LogP contribution in [0.5, 0.6) is 11.6 Å². The lowest BCUT2D eigenvalue weighted by atomic mass is 9.83. The first kappa shape index (κ1) is 20.4. The van der Waals surface area contributed by atoms with E-state index in [1.54, 1.807) is 30.2 Å². The van der Waals surface area contributed by atoms with Gasteiger partial charge >= 0.3 is 0 Å². The number of nitrogens with two attached hydrogens (primary N) is 1. The average Bonchev–Trinajstić information content (AvgIpc) is 3.39. The van der Waals surface area contributed by atoms with E-state index in [9.17, 15) is 5.26 Å². The second-order valence-electron chi connectivity index (χ2n) is 7.30. The van der Waals surface area contributed by atoms with Gasteiger partial charge in [-0.3, -0.25) is 5.10 Å². The van der Waals surface area contributed by atoms with Crippen molar-refractivity contribution in [3.8, 4) is 17.7 Å². The van der Waals surface area contributed by atoms with E-state index in [2.05, 4.69) is 28.4 Å². The molecule has 0 fully saturated rings. The topological polar surface area (TPSA) is 110 Å². The van der Waals surface area contributed by atoms with E-state index in [1.165, 1.54) is 4.70 Å². The molecular formula is C23H19N5O2S2. The highest BCUT2D eigenvalue weighted by Crippen LogP contribution is 2.44. The Morgan fingerprint density at radius 1 is 1.31 bits per heavy atom. The van der Waals surface area contributed by atoms with Gasteiger partial charge in [0.05, 0.1) is 23.2 Å². The number of benzene rings is 2. The molecule has 0 radical (unpaired) electrons. The molecule has 0 saturated heterocycles. The van der Waals surface area contributed by atoms with Crippen molar-refractivity contribution in [3.05, 3.63) is 76.3 Å². The third kappa shape index (κ3) is 3.47. The second kappa shape index (κ2) is 8.22. The van der Waals surface area contributed by atoms with Gasteiger partial charge in [0, 0.05) is 22.6 Å². The molecule has 4 aromatic rings. The molecule has 0 spiro atoms. The highest BCUT2D eigenvalue weighted by molar-refractivity contribution is 8.00. The molecule has 32 heavy (non-hydrogen) atoms. The number of para-hydroxylation sites is 1. The summed E-state index contributed by atoms with van der Waals surface area (Å²) in [5.41, 5.74) is 11.0. The minimum atomic E-state index is -0.361. The Bertz CT molecular complexity index is 1370. The van der Waals surface area contributed by atoms with Crippen molar-refractivity contribution in [2.75, 3.05) is 7.11 Å². The molecule has 1 aliphatic heterocycles. The third-order valence-corrected chi connectivity index (χ3v) is 7.62. The number of rotatable bonds is 5. The summed E-state index contributed by atoms with van der Waals surface area (Å²) in [5, 5.41) is 16.9. The van der Waals surface area contributed by atoms with Crippen LogP contribution in [0.1, 0.15) is 28.3 Å². The number of nitrogens with zero attached hydrogens (tertiary/aromatic N) is 3. The summed E-state index contributed by atoms with van der Waals surface area (Å²) < 4.78 is 13.4. The number of H-pyrrole nitrogens is 1. The summed E-state index contributed by atoms with van der Waals surface area (Å²) in [6, 6.07) is 16.3. The predicted octanol–water partition coefficient (Wildman–Crippen LogP) is 4.85. The number of fused-ring (bicyclic) bond motifs is 2. The summed E-state index contributed by atoms with van der Waals surface area (Å²) in [4.78, 5) is 4.71. The van der Waals surface area contributed by atoms with E-state index in [1.807, 2.05) is 37.3 Å². The summed E-state index contributed by atoms with van der Waals surface area (Å²) >= 11 is 3.34. The fourth-order valence-corrected chi connectivity index (χ4v) is 5.92. The number of ether oxygens (including phenoxy) is 2. The highest BCUT2D eigenvalue weighted by atomic mass is 32.2. The number of allylic oxidation sites excluding steroid dienone is 1. The van der Waals surface area contributed by atoms with Gasteiger partial charge in [-0.1, -0.05) is 36.0 Å². The normalized spacial score (nSPS) is 15.3. The van der Waals surface area contributed by atoms with Gasteiger partial charge in [0.2, 0.25) is 11.8 Å². The van der Waals surface area contributed by atoms with Crippen LogP contribution in [-0.2, 0) is 5.75 Å². The van der Waals surface area contributed by atoms with Gasteiger partial charge < -0.3 is 15.2 Å².